The van der Waals surface area contributed by atoms with Gasteiger partial charge in [0.15, 0.2) is 5.65 Å². The number of hydrogen-bond donors (Lipinski definition) is 2. The van der Waals surface area contributed by atoms with Gasteiger partial charge in [-0.2, -0.15) is 5.10 Å². The van der Waals surface area contributed by atoms with Crippen molar-refractivity contribution in [3.8, 4) is 0 Å². The lowest BCUT2D eigenvalue weighted by atomic mass is 10.2. The van der Waals surface area contributed by atoms with E-state index in [4.69, 9.17) is 0 Å². The molecule has 2 aromatic heterocycles. The van der Waals surface area contributed by atoms with Crippen LogP contribution in [0.15, 0.2) is 17.2 Å². The maximum atomic E-state index is 11.3. The molecule has 90 valence electrons. The fourth-order valence-corrected chi connectivity index (χ4v) is 2.14. The first-order chi connectivity index (χ1) is 8.25. The van der Waals surface area contributed by atoms with Gasteiger partial charge in [-0.05, 0) is 6.92 Å². The van der Waals surface area contributed by atoms with Gasteiger partial charge >= 0.3 is 5.69 Å². The molecule has 17 heavy (non-hydrogen) atoms. The lowest BCUT2D eigenvalue weighted by Gasteiger charge is -2.34. The average molecular weight is 234 g/mol. The molecule has 1 fully saturated rings. The van der Waals surface area contributed by atoms with Crippen molar-refractivity contribution in [2.24, 2.45) is 0 Å². The smallest absolute Gasteiger partial charge is 0.348 e. The summed E-state index contributed by atoms with van der Waals surface area (Å²) in [5.74, 6) is 0.866. The molecule has 3 heterocycles. The molecule has 0 bridgehead atoms. The molecule has 0 aromatic carbocycles. The normalized spacial score (nSPS) is 21.0. The van der Waals surface area contributed by atoms with E-state index in [9.17, 15) is 4.79 Å². The van der Waals surface area contributed by atoms with Gasteiger partial charge in [-0.15, -0.1) is 0 Å². The van der Waals surface area contributed by atoms with E-state index in [0.717, 1.165) is 25.5 Å². The predicted molar refractivity (Wildman–Crippen MR) is 63.3 cm³/mol. The van der Waals surface area contributed by atoms with Gasteiger partial charge in [0, 0.05) is 31.7 Å². The Kier molecular flexibility index (Phi) is 2.32. The van der Waals surface area contributed by atoms with Gasteiger partial charge in [-0.25, -0.2) is 19.3 Å². The molecule has 0 saturated carbocycles. The highest BCUT2D eigenvalue weighted by Crippen LogP contribution is 2.15. The van der Waals surface area contributed by atoms with Gasteiger partial charge in [0.2, 0.25) is 0 Å². The van der Waals surface area contributed by atoms with Crippen LogP contribution in [0.3, 0.4) is 0 Å². The Balaban J connectivity index is 2.02. The Morgan fingerprint density at radius 3 is 3.24 bits per heavy atom. The van der Waals surface area contributed by atoms with Crippen LogP contribution in [0.25, 0.3) is 5.65 Å². The molecule has 3 rings (SSSR count). The van der Waals surface area contributed by atoms with Crippen LogP contribution in [-0.4, -0.2) is 45.3 Å². The molecule has 1 aliphatic heterocycles. The Morgan fingerprint density at radius 2 is 2.41 bits per heavy atom. The maximum Gasteiger partial charge on any atom is 0.348 e. The first-order valence-electron chi connectivity index (χ1n) is 5.66. The molecule has 7 nitrogen and oxygen atoms in total. The average Bonchev–Trinajstić information content (AvgIpc) is 2.71. The maximum absolute atomic E-state index is 11.3. The van der Waals surface area contributed by atoms with Crippen LogP contribution in [-0.2, 0) is 0 Å². The van der Waals surface area contributed by atoms with E-state index in [1.807, 2.05) is 6.07 Å². The van der Waals surface area contributed by atoms with Crippen molar-refractivity contribution in [3.05, 3.63) is 22.9 Å². The number of aromatic amines is 1. The van der Waals surface area contributed by atoms with Gasteiger partial charge in [-0.3, -0.25) is 0 Å². The van der Waals surface area contributed by atoms with Crippen molar-refractivity contribution in [2.45, 2.75) is 13.0 Å². The molecule has 0 amide bonds. The molecular weight excluding hydrogens is 220 g/mol. The van der Waals surface area contributed by atoms with Crippen LogP contribution in [0, 0.1) is 0 Å². The highest BCUT2D eigenvalue weighted by atomic mass is 16.1. The second-order valence-electron chi connectivity index (χ2n) is 4.25. The third-order valence-corrected chi connectivity index (χ3v) is 3.09. The van der Waals surface area contributed by atoms with Crippen molar-refractivity contribution >= 4 is 11.5 Å². The molecule has 0 aliphatic carbocycles. The molecule has 2 N–H and O–H groups in total. The van der Waals surface area contributed by atoms with Gasteiger partial charge < -0.3 is 10.2 Å². The van der Waals surface area contributed by atoms with Crippen molar-refractivity contribution < 1.29 is 0 Å². The standard InChI is InChI=1S/C10H14N6O/c1-7-5-11-2-3-15(7)8-4-9-13-14-10(17)16(9)6-12-8/h4,6-7,11H,2-3,5H2,1H3,(H,14,17). The topological polar surface area (TPSA) is 78.3 Å². The number of H-pyrrole nitrogens is 1. The number of fused-ring (bicyclic) bond motifs is 1. The Labute approximate surface area is 97.5 Å². The minimum atomic E-state index is -0.257. The molecule has 1 unspecified atom stereocenters. The van der Waals surface area contributed by atoms with E-state index in [1.165, 1.54) is 10.7 Å². The Hall–Kier alpha value is -1.89. The third kappa shape index (κ3) is 1.68. The predicted octanol–water partition coefficient (Wildman–Crippen LogP) is -0.784. The summed E-state index contributed by atoms with van der Waals surface area (Å²) < 4.78 is 1.40. The second-order valence-corrected chi connectivity index (χ2v) is 4.25. The van der Waals surface area contributed by atoms with E-state index in [-0.39, 0.29) is 5.69 Å². The van der Waals surface area contributed by atoms with Gasteiger partial charge in [0.1, 0.15) is 12.1 Å². The van der Waals surface area contributed by atoms with Gasteiger partial charge in [0.05, 0.1) is 0 Å². The summed E-state index contributed by atoms with van der Waals surface area (Å²) in [4.78, 5) is 17.8. The first-order valence-corrected chi connectivity index (χ1v) is 5.66. The molecule has 0 radical (unpaired) electrons. The number of anilines is 1. The van der Waals surface area contributed by atoms with Crippen molar-refractivity contribution in [2.75, 3.05) is 24.5 Å². The highest BCUT2D eigenvalue weighted by molar-refractivity contribution is 5.51. The van der Waals surface area contributed by atoms with E-state index >= 15 is 0 Å². The lowest BCUT2D eigenvalue weighted by molar-refractivity contribution is 0.497. The minimum Gasteiger partial charge on any atom is -0.351 e. The van der Waals surface area contributed by atoms with E-state index in [2.05, 4.69) is 32.3 Å². The first kappa shape index (κ1) is 10.3. The van der Waals surface area contributed by atoms with Gasteiger partial charge in [0.25, 0.3) is 0 Å². The zero-order valence-electron chi connectivity index (χ0n) is 9.55. The number of piperazine rings is 1. The molecule has 1 saturated heterocycles. The zero-order valence-corrected chi connectivity index (χ0v) is 9.55. The van der Waals surface area contributed by atoms with Crippen LogP contribution in [0.1, 0.15) is 6.92 Å². The summed E-state index contributed by atoms with van der Waals surface area (Å²) in [6.45, 7) is 4.96. The van der Waals surface area contributed by atoms with Gasteiger partial charge in [-0.1, -0.05) is 0 Å². The fourth-order valence-electron chi connectivity index (χ4n) is 2.14. The zero-order chi connectivity index (χ0) is 11.8. The van der Waals surface area contributed by atoms with Crippen LogP contribution in [0.5, 0.6) is 0 Å². The van der Waals surface area contributed by atoms with Crippen molar-refractivity contribution in [3.63, 3.8) is 0 Å². The molecule has 7 heteroatoms. The van der Waals surface area contributed by atoms with E-state index in [1.54, 1.807) is 0 Å². The van der Waals surface area contributed by atoms with Crippen LogP contribution in [0.4, 0.5) is 5.82 Å². The number of nitrogens with one attached hydrogen (secondary N) is 2. The summed E-state index contributed by atoms with van der Waals surface area (Å²) in [6.07, 6.45) is 1.52. The van der Waals surface area contributed by atoms with Crippen LogP contribution in [0.2, 0.25) is 0 Å². The van der Waals surface area contributed by atoms with E-state index < -0.39 is 0 Å². The third-order valence-electron chi connectivity index (χ3n) is 3.09. The second kappa shape index (κ2) is 3.85. The summed E-state index contributed by atoms with van der Waals surface area (Å²) in [5.41, 5.74) is 0.346. The SMILES string of the molecule is CC1CNCCN1c1cc2n[nH]c(=O)n2cn1. The Morgan fingerprint density at radius 1 is 1.53 bits per heavy atom. The summed E-state index contributed by atoms with van der Waals surface area (Å²) in [6, 6.07) is 2.23. The highest BCUT2D eigenvalue weighted by Gasteiger charge is 2.19. The lowest BCUT2D eigenvalue weighted by Crippen LogP contribution is -2.50. The van der Waals surface area contributed by atoms with Crippen molar-refractivity contribution in [1.29, 1.82) is 0 Å². The minimum absolute atomic E-state index is 0.257. The van der Waals surface area contributed by atoms with Crippen molar-refractivity contribution in [1.82, 2.24) is 24.9 Å². The summed E-state index contributed by atoms with van der Waals surface area (Å²) in [5, 5.41) is 9.68. The fraction of sp³-hybridized carbons (Fsp3) is 0.500. The summed E-state index contributed by atoms with van der Waals surface area (Å²) >= 11 is 0. The van der Waals surface area contributed by atoms with Crippen LogP contribution >= 0.6 is 0 Å². The number of nitrogens with zero attached hydrogens (tertiary/aromatic N) is 4. The quantitative estimate of drug-likeness (QED) is 0.676. The Bertz CT molecular complexity index is 588. The molecule has 0 spiro atoms. The molecule has 2 aromatic rings. The molecular formula is C10H14N6O. The largest absolute Gasteiger partial charge is 0.351 e. The number of rotatable bonds is 1. The number of aromatic nitrogens is 4. The van der Waals surface area contributed by atoms with Crippen LogP contribution < -0.4 is 15.9 Å². The summed E-state index contributed by atoms with van der Waals surface area (Å²) in [7, 11) is 0. The molecule has 1 aliphatic rings. The molecule has 1 atom stereocenters. The number of hydrogen-bond acceptors (Lipinski definition) is 5. The monoisotopic (exact) mass is 234 g/mol. The van der Waals surface area contributed by atoms with E-state index in [0.29, 0.717) is 11.7 Å².